The number of aromatic nitrogens is 2. The molecule has 0 spiro atoms. The molecule has 2 fully saturated rings. The lowest BCUT2D eigenvalue weighted by molar-refractivity contribution is -0.138. The molecule has 0 atom stereocenters. The summed E-state index contributed by atoms with van der Waals surface area (Å²) in [6, 6.07) is 7.06. The van der Waals surface area contributed by atoms with Crippen molar-refractivity contribution in [1.29, 1.82) is 0 Å². The fraction of sp³-hybridized carbons (Fsp3) is 0.611. The zero-order valence-electron chi connectivity index (χ0n) is 31.4. The minimum Gasteiger partial charge on any atom is -0.444 e. The molecule has 1 aromatic heterocycles. The summed E-state index contributed by atoms with van der Waals surface area (Å²) in [5.41, 5.74) is -0.106. The maximum absolute atomic E-state index is 13.1. The van der Waals surface area contributed by atoms with Gasteiger partial charge in [-0.25, -0.2) is 19.2 Å². The summed E-state index contributed by atoms with van der Waals surface area (Å²) in [5, 5.41) is 8.30. The highest BCUT2D eigenvalue weighted by Crippen LogP contribution is 2.20. The van der Waals surface area contributed by atoms with E-state index in [0.717, 1.165) is 43.6 Å². The van der Waals surface area contributed by atoms with Gasteiger partial charge in [-0.05, 0) is 104 Å². The Balaban J connectivity index is 1.26. The standard InChI is InChI=1S/C36H54N8O7/c1-24-22-27(11-10-25(24)23-41-15-12-26(13-16-41)37-32(48)50-34(2,3)4)44-17-14-28(39-31(44)47)38-30(46)43-20-18-42(19-21-43)29(45)36(8,9)40-33(49)51-35(5,6)7/h10-11,14,17,22,26H,12-13,15-16,18-21,23H2,1-9H3,(H,37,48)(H,40,49)(H,38,39,46,47). The van der Waals surface area contributed by atoms with Crippen molar-refractivity contribution in [2.45, 2.75) is 104 Å². The number of amides is 5. The van der Waals surface area contributed by atoms with Gasteiger partial charge in [0.2, 0.25) is 5.91 Å². The number of nitrogens with one attached hydrogen (secondary N) is 3. The number of nitrogens with zero attached hydrogens (tertiary/aromatic N) is 5. The van der Waals surface area contributed by atoms with E-state index in [4.69, 9.17) is 9.47 Å². The number of piperidine rings is 1. The van der Waals surface area contributed by atoms with E-state index in [9.17, 15) is 24.0 Å². The summed E-state index contributed by atoms with van der Waals surface area (Å²) < 4.78 is 12.1. The summed E-state index contributed by atoms with van der Waals surface area (Å²) in [7, 11) is 0. The molecule has 0 aliphatic carbocycles. The molecule has 15 nitrogen and oxygen atoms in total. The van der Waals surface area contributed by atoms with Crippen LogP contribution < -0.4 is 21.6 Å². The number of anilines is 1. The van der Waals surface area contributed by atoms with Crippen LogP contribution in [0.25, 0.3) is 5.69 Å². The van der Waals surface area contributed by atoms with E-state index in [1.165, 1.54) is 4.57 Å². The van der Waals surface area contributed by atoms with Crippen LogP contribution in [-0.2, 0) is 20.8 Å². The Morgan fingerprint density at radius 2 is 1.41 bits per heavy atom. The predicted octanol–water partition coefficient (Wildman–Crippen LogP) is 4.01. The number of hydrogen-bond acceptors (Lipinski definition) is 9. The molecule has 0 saturated carbocycles. The van der Waals surface area contributed by atoms with Crippen LogP contribution in [0.4, 0.5) is 20.2 Å². The van der Waals surface area contributed by atoms with Gasteiger partial charge in [-0.3, -0.25) is 19.6 Å². The third kappa shape index (κ3) is 11.4. The average molecular weight is 711 g/mol. The number of urea groups is 1. The van der Waals surface area contributed by atoms with Crippen molar-refractivity contribution in [3.05, 3.63) is 52.1 Å². The highest BCUT2D eigenvalue weighted by molar-refractivity contribution is 5.90. The summed E-state index contributed by atoms with van der Waals surface area (Å²) in [5.74, 6) is -0.156. The number of rotatable bonds is 7. The second-order valence-electron chi connectivity index (χ2n) is 15.7. The Hall–Kier alpha value is -4.66. The Bertz CT molecular complexity index is 1640. The van der Waals surface area contributed by atoms with Crippen molar-refractivity contribution >= 4 is 29.9 Å². The smallest absolute Gasteiger partial charge is 0.408 e. The molecule has 5 amide bonds. The molecule has 0 radical (unpaired) electrons. The van der Waals surface area contributed by atoms with Crippen molar-refractivity contribution < 1.29 is 28.7 Å². The first-order chi connectivity index (χ1) is 23.7. The largest absolute Gasteiger partial charge is 0.444 e. The number of carbonyl (C=O) groups excluding carboxylic acids is 4. The van der Waals surface area contributed by atoms with Crippen molar-refractivity contribution in [1.82, 2.24) is 34.9 Å². The molecule has 280 valence electrons. The zero-order chi connectivity index (χ0) is 37.7. The first-order valence-corrected chi connectivity index (χ1v) is 17.5. The van der Waals surface area contributed by atoms with Crippen LogP contribution >= 0.6 is 0 Å². The number of hydrogen-bond donors (Lipinski definition) is 3. The molecule has 2 saturated heterocycles. The Morgan fingerprint density at radius 1 is 0.824 bits per heavy atom. The van der Waals surface area contributed by atoms with Gasteiger partial charge in [-0.2, -0.15) is 4.98 Å². The number of likely N-dealkylation sites (tertiary alicyclic amines) is 1. The van der Waals surface area contributed by atoms with Gasteiger partial charge in [-0.15, -0.1) is 0 Å². The molecule has 4 rings (SSSR count). The van der Waals surface area contributed by atoms with Crippen LogP contribution in [0, 0.1) is 6.92 Å². The normalized spacial score (nSPS) is 16.3. The van der Waals surface area contributed by atoms with E-state index in [0.29, 0.717) is 5.69 Å². The molecule has 2 aromatic rings. The predicted molar refractivity (Wildman–Crippen MR) is 193 cm³/mol. The van der Waals surface area contributed by atoms with Crippen LogP contribution in [-0.4, -0.2) is 110 Å². The van der Waals surface area contributed by atoms with E-state index in [-0.39, 0.29) is 50.0 Å². The van der Waals surface area contributed by atoms with E-state index < -0.39 is 34.6 Å². The van der Waals surface area contributed by atoms with Crippen molar-refractivity contribution in [3.63, 3.8) is 0 Å². The minimum absolute atomic E-state index is 0.0847. The van der Waals surface area contributed by atoms with Gasteiger partial charge < -0.3 is 29.9 Å². The maximum atomic E-state index is 13.1. The molecule has 1 aromatic carbocycles. The molecule has 51 heavy (non-hydrogen) atoms. The summed E-state index contributed by atoms with van der Waals surface area (Å²) in [6.07, 6.45) is 2.19. The number of alkyl carbamates (subject to hydrolysis) is 2. The van der Waals surface area contributed by atoms with Crippen molar-refractivity contribution in [2.24, 2.45) is 0 Å². The number of benzene rings is 1. The molecule has 2 aliphatic heterocycles. The quantitative estimate of drug-likeness (QED) is 0.385. The molecule has 0 unspecified atom stereocenters. The topological polar surface area (TPSA) is 167 Å². The molecule has 3 N–H and O–H groups in total. The highest BCUT2D eigenvalue weighted by atomic mass is 16.6. The summed E-state index contributed by atoms with van der Waals surface area (Å²) >= 11 is 0. The second-order valence-corrected chi connectivity index (χ2v) is 15.7. The number of aryl methyl sites for hydroxylation is 1. The van der Waals surface area contributed by atoms with Crippen LogP contribution in [0.2, 0.25) is 0 Å². The van der Waals surface area contributed by atoms with E-state index in [1.807, 2.05) is 45.9 Å². The SMILES string of the molecule is Cc1cc(-n2ccc(NC(=O)N3CCN(C(=O)C(C)(C)NC(=O)OC(C)(C)C)CC3)nc2=O)ccc1CN1CCC(NC(=O)OC(C)(C)C)CC1. The Labute approximate surface area is 300 Å². The van der Waals surface area contributed by atoms with Crippen LogP contribution in [0.3, 0.4) is 0 Å². The van der Waals surface area contributed by atoms with Crippen LogP contribution in [0.15, 0.2) is 35.3 Å². The highest BCUT2D eigenvalue weighted by Gasteiger charge is 2.37. The average Bonchev–Trinajstić information content (AvgIpc) is 3.00. The summed E-state index contributed by atoms with van der Waals surface area (Å²) in [4.78, 5) is 73.1. The second kappa shape index (κ2) is 15.7. The summed E-state index contributed by atoms with van der Waals surface area (Å²) in [6.45, 7) is 19.6. The third-order valence-corrected chi connectivity index (χ3v) is 8.55. The molecule has 3 heterocycles. The molecule has 0 bridgehead atoms. The van der Waals surface area contributed by atoms with E-state index in [2.05, 4.69) is 25.8 Å². The van der Waals surface area contributed by atoms with Gasteiger partial charge in [0, 0.05) is 58.1 Å². The lowest BCUT2D eigenvalue weighted by Gasteiger charge is -2.38. The number of piperazine rings is 1. The molecule has 2 aliphatic rings. The van der Waals surface area contributed by atoms with E-state index >= 15 is 0 Å². The zero-order valence-corrected chi connectivity index (χ0v) is 31.4. The van der Waals surface area contributed by atoms with Gasteiger partial charge in [0.1, 0.15) is 22.6 Å². The van der Waals surface area contributed by atoms with Crippen molar-refractivity contribution in [3.8, 4) is 5.69 Å². The van der Waals surface area contributed by atoms with Gasteiger partial charge in [0.25, 0.3) is 0 Å². The fourth-order valence-electron chi connectivity index (χ4n) is 5.94. The Kier molecular flexibility index (Phi) is 12.0. The lowest BCUT2D eigenvalue weighted by Crippen LogP contribution is -2.60. The fourth-order valence-corrected chi connectivity index (χ4v) is 5.94. The monoisotopic (exact) mass is 710 g/mol. The third-order valence-electron chi connectivity index (χ3n) is 8.55. The van der Waals surface area contributed by atoms with E-state index in [1.54, 1.807) is 56.7 Å². The maximum Gasteiger partial charge on any atom is 0.408 e. The molecular formula is C36H54N8O7. The number of carbonyl (C=O) groups is 4. The van der Waals surface area contributed by atoms with Crippen LogP contribution in [0.1, 0.15) is 79.4 Å². The first kappa shape index (κ1) is 39.1. The van der Waals surface area contributed by atoms with Gasteiger partial charge in [0.05, 0.1) is 5.69 Å². The molecule has 15 heteroatoms. The molecular weight excluding hydrogens is 656 g/mol. The first-order valence-electron chi connectivity index (χ1n) is 17.5. The van der Waals surface area contributed by atoms with Crippen LogP contribution in [0.5, 0.6) is 0 Å². The Morgan fingerprint density at radius 3 is 1.98 bits per heavy atom. The lowest BCUT2D eigenvalue weighted by atomic mass is 10.0. The minimum atomic E-state index is -1.19. The van der Waals surface area contributed by atoms with Gasteiger partial charge in [0.15, 0.2) is 0 Å². The van der Waals surface area contributed by atoms with Gasteiger partial charge >= 0.3 is 23.9 Å². The van der Waals surface area contributed by atoms with Crippen molar-refractivity contribution in [2.75, 3.05) is 44.6 Å². The van der Waals surface area contributed by atoms with Gasteiger partial charge in [-0.1, -0.05) is 6.07 Å². The number of ether oxygens (including phenoxy) is 2.